The quantitative estimate of drug-likeness (QED) is 0.731. The number of hydrogen-bond donors (Lipinski definition) is 2. The van der Waals surface area contributed by atoms with Crippen molar-refractivity contribution in [3.8, 4) is 0 Å². The van der Waals surface area contributed by atoms with E-state index in [0.717, 1.165) is 13.0 Å². The molecule has 0 rings (SSSR count). The third kappa shape index (κ3) is 7.69. The van der Waals surface area contributed by atoms with Crippen molar-refractivity contribution in [1.29, 1.82) is 0 Å². The molecular weight excluding hydrogens is 200 g/mol. The molecule has 3 nitrogen and oxygen atoms in total. The first-order chi connectivity index (χ1) is 7.23. The third-order valence-electron chi connectivity index (χ3n) is 2.91. The maximum absolute atomic E-state index is 11.5. The molecule has 0 aliphatic carbocycles. The summed E-state index contributed by atoms with van der Waals surface area (Å²) in [5.74, 6) is 0.735. The second-order valence-corrected chi connectivity index (χ2v) is 6.00. The van der Waals surface area contributed by atoms with Gasteiger partial charge in [-0.3, -0.25) is 4.79 Å². The van der Waals surface area contributed by atoms with Crippen LogP contribution in [0.3, 0.4) is 0 Å². The van der Waals surface area contributed by atoms with Gasteiger partial charge < -0.3 is 10.6 Å². The van der Waals surface area contributed by atoms with Gasteiger partial charge in [0, 0.05) is 12.6 Å². The Hall–Kier alpha value is -0.570. The molecule has 1 atom stereocenters. The van der Waals surface area contributed by atoms with Crippen molar-refractivity contribution >= 4 is 5.91 Å². The monoisotopic (exact) mass is 228 g/mol. The molecule has 1 amide bonds. The Balaban J connectivity index is 3.66. The van der Waals surface area contributed by atoms with Crippen molar-refractivity contribution in [3.63, 3.8) is 0 Å². The van der Waals surface area contributed by atoms with E-state index in [9.17, 15) is 4.79 Å². The number of carbonyl (C=O) groups excluding carboxylic acids is 1. The molecule has 0 aliphatic rings. The largest absolute Gasteiger partial charge is 0.355 e. The summed E-state index contributed by atoms with van der Waals surface area (Å²) in [7, 11) is 0. The summed E-state index contributed by atoms with van der Waals surface area (Å²) in [6, 6.07) is 0.336. The molecule has 0 spiro atoms. The zero-order valence-corrected chi connectivity index (χ0v) is 11.7. The van der Waals surface area contributed by atoms with Gasteiger partial charge >= 0.3 is 0 Å². The molecule has 3 heteroatoms. The van der Waals surface area contributed by atoms with Crippen LogP contribution in [-0.2, 0) is 4.79 Å². The lowest BCUT2D eigenvalue weighted by molar-refractivity contribution is -0.120. The average Bonchev–Trinajstić information content (AvgIpc) is 2.11. The van der Waals surface area contributed by atoms with Crippen molar-refractivity contribution in [2.24, 2.45) is 11.3 Å². The molecule has 0 fully saturated rings. The van der Waals surface area contributed by atoms with E-state index < -0.39 is 0 Å². The predicted octanol–water partition coefficient (Wildman–Crippen LogP) is 2.17. The first kappa shape index (κ1) is 15.4. The van der Waals surface area contributed by atoms with Crippen molar-refractivity contribution in [2.75, 3.05) is 13.1 Å². The Kier molecular flexibility index (Phi) is 6.65. The Morgan fingerprint density at radius 1 is 1.19 bits per heavy atom. The van der Waals surface area contributed by atoms with E-state index in [1.54, 1.807) is 0 Å². The van der Waals surface area contributed by atoms with Crippen LogP contribution in [0.5, 0.6) is 0 Å². The van der Waals surface area contributed by atoms with E-state index in [1.165, 1.54) is 0 Å². The summed E-state index contributed by atoms with van der Waals surface area (Å²) >= 11 is 0. The summed E-state index contributed by atoms with van der Waals surface area (Å²) < 4.78 is 0. The molecule has 0 aromatic heterocycles. The van der Waals surface area contributed by atoms with Gasteiger partial charge in [0.1, 0.15) is 0 Å². The van der Waals surface area contributed by atoms with Crippen LogP contribution in [0.25, 0.3) is 0 Å². The van der Waals surface area contributed by atoms with E-state index in [2.05, 4.69) is 52.2 Å². The zero-order valence-electron chi connectivity index (χ0n) is 11.7. The lowest BCUT2D eigenvalue weighted by Crippen LogP contribution is -2.43. The minimum atomic E-state index is 0.0942. The number of rotatable bonds is 6. The van der Waals surface area contributed by atoms with Crippen molar-refractivity contribution in [1.82, 2.24) is 10.6 Å². The number of hydrogen-bond acceptors (Lipinski definition) is 2. The van der Waals surface area contributed by atoms with Gasteiger partial charge in [0.25, 0.3) is 0 Å². The Morgan fingerprint density at radius 3 is 2.19 bits per heavy atom. The SMILES string of the molecule is CC(C)CCNC(=O)CNC(C)C(C)(C)C. The minimum Gasteiger partial charge on any atom is -0.355 e. The molecule has 1 unspecified atom stereocenters. The molecule has 0 saturated carbocycles. The average molecular weight is 228 g/mol. The second kappa shape index (κ2) is 6.89. The normalized spacial score (nSPS) is 13.9. The van der Waals surface area contributed by atoms with Crippen LogP contribution in [0.15, 0.2) is 0 Å². The van der Waals surface area contributed by atoms with Gasteiger partial charge in [-0.25, -0.2) is 0 Å². The molecule has 16 heavy (non-hydrogen) atoms. The molecule has 0 bridgehead atoms. The highest BCUT2D eigenvalue weighted by atomic mass is 16.1. The number of amides is 1. The van der Waals surface area contributed by atoms with Crippen LogP contribution < -0.4 is 10.6 Å². The lowest BCUT2D eigenvalue weighted by atomic mass is 9.88. The van der Waals surface area contributed by atoms with Crippen molar-refractivity contribution in [3.05, 3.63) is 0 Å². The Labute approximate surface area is 100 Å². The Morgan fingerprint density at radius 2 is 1.75 bits per heavy atom. The number of nitrogens with one attached hydrogen (secondary N) is 2. The highest BCUT2D eigenvalue weighted by Gasteiger charge is 2.19. The summed E-state index contributed by atoms with van der Waals surface area (Å²) in [5.41, 5.74) is 0.193. The summed E-state index contributed by atoms with van der Waals surface area (Å²) in [6.07, 6.45) is 1.04. The van der Waals surface area contributed by atoms with Gasteiger partial charge in [-0.1, -0.05) is 34.6 Å². The fourth-order valence-corrected chi connectivity index (χ4v) is 1.11. The maximum atomic E-state index is 11.5. The molecular formula is C13H28N2O. The molecule has 0 aromatic carbocycles. The third-order valence-corrected chi connectivity index (χ3v) is 2.91. The zero-order chi connectivity index (χ0) is 12.8. The first-order valence-corrected chi connectivity index (χ1v) is 6.23. The van der Waals surface area contributed by atoms with Gasteiger partial charge in [-0.15, -0.1) is 0 Å². The van der Waals surface area contributed by atoms with Crippen LogP contribution >= 0.6 is 0 Å². The van der Waals surface area contributed by atoms with Gasteiger partial charge in [0.05, 0.1) is 6.54 Å². The van der Waals surface area contributed by atoms with E-state index in [0.29, 0.717) is 18.5 Å². The van der Waals surface area contributed by atoms with Gasteiger partial charge in [0.2, 0.25) is 5.91 Å². The summed E-state index contributed by atoms with van der Waals surface area (Å²) in [4.78, 5) is 11.5. The van der Waals surface area contributed by atoms with Gasteiger partial charge in [-0.2, -0.15) is 0 Å². The highest BCUT2D eigenvalue weighted by Crippen LogP contribution is 2.17. The van der Waals surface area contributed by atoms with Crippen LogP contribution in [-0.4, -0.2) is 25.0 Å². The Bertz CT molecular complexity index is 206. The fraction of sp³-hybridized carbons (Fsp3) is 0.923. The standard InChI is InChI=1S/C13H28N2O/c1-10(2)7-8-14-12(16)9-15-11(3)13(4,5)6/h10-11,15H,7-9H2,1-6H3,(H,14,16). The first-order valence-electron chi connectivity index (χ1n) is 6.23. The second-order valence-electron chi connectivity index (χ2n) is 6.00. The minimum absolute atomic E-state index is 0.0942. The van der Waals surface area contributed by atoms with Crippen molar-refractivity contribution < 1.29 is 4.79 Å². The molecule has 0 heterocycles. The number of carbonyl (C=O) groups is 1. The van der Waals surface area contributed by atoms with Crippen LogP contribution in [0.2, 0.25) is 0 Å². The topological polar surface area (TPSA) is 41.1 Å². The molecule has 0 saturated heterocycles. The van der Waals surface area contributed by atoms with E-state index >= 15 is 0 Å². The van der Waals surface area contributed by atoms with Crippen LogP contribution in [0, 0.1) is 11.3 Å². The van der Waals surface area contributed by atoms with E-state index in [4.69, 9.17) is 0 Å². The maximum Gasteiger partial charge on any atom is 0.233 e. The smallest absolute Gasteiger partial charge is 0.233 e. The molecule has 0 aromatic rings. The molecule has 96 valence electrons. The van der Waals surface area contributed by atoms with Gasteiger partial charge in [-0.05, 0) is 24.7 Å². The molecule has 2 N–H and O–H groups in total. The fourth-order valence-electron chi connectivity index (χ4n) is 1.11. The predicted molar refractivity (Wildman–Crippen MR) is 69.4 cm³/mol. The highest BCUT2D eigenvalue weighted by molar-refractivity contribution is 5.77. The lowest BCUT2D eigenvalue weighted by Gasteiger charge is -2.28. The van der Waals surface area contributed by atoms with E-state index in [-0.39, 0.29) is 11.3 Å². The summed E-state index contributed by atoms with van der Waals surface area (Å²) in [6.45, 7) is 14.1. The molecule has 0 aliphatic heterocycles. The van der Waals surface area contributed by atoms with Gasteiger partial charge in [0.15, 0.2) is 0 Å². The van der Waals surface area contributed by atoms with E-state index in [1.807, 2.05) is 0 Å². The summed E-state index contributed by atoms with van der Waals surface area (Å²) in [5, 5.41) is 6.17. The van der Waals surface area contributed by atoms with Crippen LogP contribution in [0.4, 0.5) is 0 Å². The van der Waals surface area contributed by atoms with Crippen LogP contribution in [0.1, 0.15) is 48.0 Å². The molecule has 0 radical (unpaired) electrons. The van der Waals surface area contributed by atoms with Crippen molar-refractivity contribution in [2.45, 2.75) is 54.0 Å².